The molecule has 1 amide bonds. The van der Waals surface area contributed by atoms with Crippen LogP contribution in [0.5, 0.6) is 0 Å². The molecule has 1 fully saturated rings. The lowest BCUT2D eigenvalue weighted by molar-refractivity contribution is -0.138. The fourth-order valence-electron chi connectivity index (χ4n) is 3.62. The first kappa shape index (κ1) is 23.0. The SMILES string of the molecule is CN(C)C1CCN(Cc2ccc(NC(=O)c3ccc(CI)cc3)cc2C(F)(F)F)C1. The molecule has 0 saturated carbocycles. The van der Waals surface area contributed by atoms with Crippen molar-refractivity contribution in [2.24, 2.45) is 0 Å². The highest BCUT2D eigenvalue weighted by Crippen LogP contribution is 2.35. The number of hydrogen-bond acceptors (Lipinski definition) is 3. The van der Waals surface area contributed by atoms with Gasteiger partial charge in [-0.3, -0.25) is 9.69 Å². The molecule has 30 heavy (non-hydrogen) atoms. The second-order valence-corrected chi connectivity index (χ2v) is 8.56. The first-order valence-corrected chi connectivity index (χ1v) is 11.2. The van der Waals surface area contributed by atoms with Gasteiger partial charge in [-0.05, 0) is 55.9 Å². The summed E-state index contributed by atoms with van der Waals surface area (Å²) >= 11 is 2.22. The molecule has 3 rings (SSSR count). The largest absolute Gasteiger partial charge is 0.416 e. The molecule has 0 aliphatic carbocycles. The molecule has 1 N–H and O–H groups in total. The maximum absolute atomic E-state index is 13.7. The van der Waals surface area contributed by atoms with Crippen LogP contribution in [0.25, 0.3) is 0 Å². The van der Waals surface area contributed by atoms with Gasteiger partial charge in [-0.25, -0.2) is 0 Å². The maximum atomic E-state index is 13.7. The predicted octanol–water partition coefficient (Wildman–Crippen LogP) is 5.03. The molecule has 1 atom stereocenters. The van der Waals surface area contributed by atoms with E-state index in [-0.39, 0.29) is 17.8 Å². The van der Waals surface area contributed by atoms with E-state index in [2.05, 4.69) is 32.8 Å². The molecule has 1 aliphatic rings. The van der Waals surface area contributed by atoms with E-state index in [0.717, 1.165) is 35.6 Å². The summed E-state index contributed by atoms with van der Waals surface area (Å²) in [6, 6.07) is 11.4. The molecule has 1 heterocycles. The molecule has 2 aromatic carbocycles. The third kappa shape index (κ3) is 5.73. The highest BCUT2D eigenvalue weighted by molar-refractivity contribution is 14.1. The van der Waals surface area contributed by atoms with Crippen LogP contribution in [0.3, 0.4) is 0 Å². The Balaban J connectivity index is 1.76. The molecule has 0 aromatic heterocycles. The number of rotatable bonds is 6. The Bertz CT molecular complexity index is 884. The van der Waals surface area contributed by atoms with Crippen molar-refractivity contribution < 1.29 is 18.0 Å². The summed E-state index contributed by atoms with van der Waals surface area (Å²) in [5, 5.41) is 2.59. The lowest BCUT2D eigenvalue weighted by Gasteiger charge is -2.22. The molecule has 0 spiro atoms. The van der Waals surface area contributed by atoms with E-state index in [9.17, 15) is 18.0 Å². The second kappa shape index (κ2) is 9.65. The average Bonchev–Trinajstić information content (AvgIpc) is 3.17. The van der Waals surface area contributed by atoms with Gasteiger partial charge in [-0.2, -0.15) is 13.2 Å². The number of nitrogens with one attached hydrogen (secondary N) is 1. The number of hydrogen-bond donors (Lipinski definition) is 1. The van der Waals surface area contributed by atoms with Gasteiger partial charge in [0, 0.05) is 41.4 Å². The third-order valence-electron chi connectivity index (χ3n) is 5.42. The monoisotopic (exact) mass is 531 g/mol. The van der Waals surface area contributed by atoms with Gasteiger partial charge in [0.1, 0.15) is 0 Å². The molecule has 4 nitrogen and oxygen atoms in total. The van der Waals surface area contributed by atoms with Crippen molar-refractivity contribution in [2.45, 2.75) is 29.6 Å². The first-order valence-electron chi connectivity index (χ1n) is 9.72. The van der Waals surface area contributed by atoms with Crippen molar-refractivity contribution in [3.8, 4) is 0 Å². The van der Waals surface area contributed by atoms with E-state index in [4.69, 9.17) is 0 Å². The number of halogens is 4. The Morgan fingerprint density at radius 3 is 2.47 bits per heavy atom. The summed E-state index contributed by atoms with van der Waals surface area (Å²) in [4.78, 5) is 16.6. The zero-order chi connectivity index (χ0) is 21.9. The molecule has 0 bridgehead atoms. The minimum absolute atomic E-state index is 0.140. The zero-order valence-electron chi connectivity index (χ0n) is 17.0. The minimum atomic E-state index is -4.49. The Kier molecular flexibility index (Phi) is 7.41. The van der Waals surface area contributed by atoms with Crippen molar-refractivity contribution in [2.75, 3.05) is 32.5 Å². The summed E-state index contributed by atoms with van der Waals surface area (Å²) < 4.78 is 42.0. The van der Waals surface area contributed by atoms with Crippen LogP contribution >= 0.6 is 22.6 Å². The average molecular weight is 531 g/mol. The van der Waals surface area contributed by atoms with E-state index in [0.29, 0.717) is 11.6 Å². The molecule has 1 unspecified atom stereocenters. The number of carbonyl (C=O) groups excluding carboxylic acids is 1. The predicted molar refractivity (Wildman–Crippen MR) is 121 cm³/mol. The summed E-state index contributed by atoms with van der Waals surface area (Å²) in [5.41, 5.74) is 1.16. The fourth-order valence-corrected chi connectivity index (χ4v) is 4.13. The topological polar surface area (TPSA) is 35.6 Å². The highest BCUT2D eigenvalue weighted by Gasteiger charge is 2.35. The van der Waals surface area contributed by atoms with Crippen molar-refractivity contribution >= 4 is 34.2 Å². The van der Waals surface area contributed by atoms with Crippen molar-refractivity contribution in [1.82, 2.24) is 9.80 Å². The van der Waals surface area contributed by atoms with Crippen molar-refractivity contribution in [3.63, 3.8) is 0 Å². The number of alkyl halides is 4. The number of likely N-dealkylation sites (tertiary alicyclic amines) is 1. The van der Waals surface area contributed by atoms with Gasteiger partial charge < -0.3 is 10.2 Å². The van der Waals surface area contributed by atoms with E-state index in [1.165, 1.54) is 6.07 Å². The lowest BCUT2D eigenvalue weighted by Crippen LogP contribution is -2.31. The number of nitrogens with zero attached hydrogens (tertiary/aromatic N) is 2. The smallest absolute Gasteiger partial charge is 0.322 e. The van der Waals surface area contributed by atoms with Gasteiger partial charge in [0.25, 0.3) is 5.91 Å². The maximum Gasteiger partial charge on any atom is 0.416 e. The van der Waals surface area contributed by atoms with Crippen LogP contribution in [0.4, 0.5) is 18.9 Å². The number of carbonyl (C=O) groups is 1. The van der Waals surface area contributed by atoms with E-state index >= 15 is 0 Å². The van der Waals surface area contributed by atoms with E-state index < -0.39 is 17.6 Å². The second-order valence-electron chi connectivity index (χ2n) is 7.80. The molecule has 1 saturated heterocycles. The number of amides is 1. The highest BCUT2D eigenvalue weighted by atomic mass is 127. The van der Waals surface area contributed by atoms with Gasteiger partial charge in [0.15, 0.2) is 0 Å². The van der Waals surface area contributed by atoms with Crippen LogP contribution in [-0.4, -0.2) is 48.9 Å². The molecule has 0 radical (unpaired) electrons. The van der Waals surface area contributed by atoms with Gasteiger partial charge in [-0.1, -0.05) is 40.8 Å². The van der Waals surface area contributed by atoms with Crippen LogP contribution in [0.15, 0.2) is 42.5 Å². The standard InChI is InChI=1S/C22H25F3IN3O/c1-28(2)19-9-10-29(14-19)13-17-7-8-18(11-20(17)22(23,24)25)27-21(30)16-5-3-15(12-26)4-6-16/h3-8,11,19H,9-10,12-14H2,1-2H3,(H,27,30). The van der Waals surface area contributed by atoms with Gasteiger partial charge in [0.05, 0.1) is 5.56 Å². The van der Waals surface area contributed by atoms with E-state index in [1.54, 1.807) is 18.2 Å². The Hall–Kier alpha value is -1.65. The van der Waals surface area contributed by atoms with Crippen LogP contribution in [0.1, 0.15) is 33.5 Å². The summed E-state index contributed by atoms with van der Waals surface area (Å²) in [6.45, 7) is 1.76. The van der Waals surface area contributed by atoms with Gasteiger partial charge in [0.2, 0.25) is 0 Å². The van der Waals surface area contributed by atoms with Crippen LogP contribution in [0, 0.1) is 0 Å². The van der Waals surface area contributed by atoms with Gasteiger partial charge in [-0.15, -0.1) is 0 Å². The van der Waals surface area contributed by atoms with Crippen LogP contribution < -0.4 is 5.32 Å². The Labute approximate surface area is 188 Å². The zero-order valence-corrected chi connectivity index (χ0v) is 19.1. The Morgan fingerprint density at radius 1 is 1.20 bits per heavy atom. The molecule has 2 aromatic rings. The number of likely N-dealkylation sites (N-methyl/N-ethyl adjacent to an activating group) is 1. The number of anilines is 1. The summed E-state index contributed by atoms with van der Waals surface area (Å²) in [6.07, 6.45) is -3.54. The van der Waals surface area contributed by atoms with E-state index in [1.807, 2.05) is 31.1 Å². The first-order chi connectivity index (χ1) is 14.2. The van der Waals surface area contributed by atoms with Crippen LogP contribution in [0.2, 0.25) is 0 Å². The van der Waals surface area contributed by atoms with Gasteiger partial charge >= 0.3 is 6.18 Å². The molecule has 1 aliphatic heterocycles. The normalized spacial score (nSPS) is 17.5. The molecular formula is C22H25F3IN3O. The fraction of sp³-hybridized carbons (Fsp3) is 0.409. The summed E-state index contributed by atoms with van der Waals surface area (Å²) in [5.74, 6) is -0.427. The van der Waals surface area contributed by atoms with Crippen molar-refractivity contribution in [3.05, 3.63) is 64.7 Å². The Morgan fingerprint density at radius 2 is 1.90 bits per heavy atom. The van der Waals surface area contributed by atoms with Crippen molar-refractivity contribution in [1.29, 1.82) is 0 Å². The number of benzene rings is 2. The minimum Gasteiger partial charge on any atom is -0.322 e. The third-order valence-corrected chi connectivity index (χ3v) is 6.30. The molecule has 162 valence electrons. The lowest BCUT2D eigenvalue weighted by atomic mass is 10.0. The molecular weight excluding hydrogens is 506 g/mol. The molecule has 8 heteroatoms. The summed E-state index contributed by atoms with van der Waals surface area (Å²) in [7, 11) is 3.98. The quantitative estimate of drug-likeness (QED) is 0.420. The van der Waals surface area contributed by atoms with Crippen LogP contribution in [-0.2, 0) is 17.1 Å².